The molecule has 0 fully saturated rings. The molecule has 0 atom stereocenters. The topological polar surface area (TPSA) is 94.2 Å². The van der Waals surface area contributed by atoms with Gasteiger partial charge in [-0.15, -0.1) is 0 Å². The summed E-state index contributed by atoms with van der Waals surface area (Å²) >= 11 is 0. The number of hydrogen-bond acceptors (Lipinski definition) is 7. The molecule has 0 heterocycles. The number of benzene rings is 3. The van der Waals surface area contributed by atoms with Crippen molar-refractivity contribution in [2.45, 2.75) is 51.0 Å². The van der Waals surface area contributed by atoms with Crippen LogP contribution < -0.4 is 10.1 Å². The number of esters is 1. The molecule has 1 N–H and O–H groups in total. The fraction of sp³-hybridized carbons (Fsp3) is 0.345. The lowest BCUT2D eigenvalue weighted by Gasteiger charge is -2.22. The molecule has 3 rings (SSSR count). The summed E-state index contributed by atoms with van der Waals surface area (Å²) in [6.07, 6.45) is 3.32. The van der Waals surface area contributed by atoms with Crippen molar-refractivity contribution >= 4 is 21.7 Å². The van der Waals surface area contributed by atoms with Crippen LogP contribution in [0.1, 0.15) is 55.5 Å². The van der Waals surface area contributed by atoms with Crippen LogP contribution in [0.4, 0.5) is 5.69 Å². The number of rotatable bonds is 15. The van der Waals surface area contributed by atoms with E-state index in [1.165, 1.54) is 13.1 Å². The van der Waals surface area contributed by atoms with Crippen molar-refractivity contribution in [2.75, 3.05) is 25.5 Å². The highest BCUT2D eigenvalue weighted by atomic mass is 32.2. The summed E-state index contributed by atoms with van der Waals surface area (Å²) in [5.74, 6) is -0.112. The number of carbonyl (C=O) groups excluding carboxylic acids is 1. The molecule has 0 aliphatic heterocycles. The summed E-state index contributed by atoms with van der Waals surface area (Å²) in [6, 6.07) is 21.0. The summed E-state index contributed by atoms with van der Waals surface area (Å²) in [6.45, 7) is 4.90. The minimum Gasteiger partial charge on any atom is -0.457 e. The van der Waals surface area contributed by atoms with Crippen molar-refractivity contribution in [3.63, 3.8) is 0 Å². The molecule has 0 saturated carbocycles. The Morgan fingerprint density at radius 1 is 0.921 bits per heavy atom. The molecular weight excluding hydrogens is 504 g/mol. The predicted octanol–water partition coefficient (Wildman–Crippen LogP) is 6.40. The lowest BCUT2D eigenvalue weighted by Crippen LogP contribution is -2.28. The molecule has 0 aromatic heterocycles. The maximum Gasteiger partial charge on any atom is 0.338 e. The van der Waals surface area contributed by atoms with Gasteiger partial charge in [0.1, 0.15) is 17.3 Å². The van der Waals surface area contributed by atoms with Crippen LogP contribution in [-0.2, 0) is 26.2 Å². The number of unbranched alkanes of at least 4 members (excludes halogenated alkanes) is 2. The van der Waals surface area contributed by atoms with Crippen LogP contribution in [0.5, 0.6) is 11.5 Å². The average Bonchev–Trinajstić information content (AvgIpc) is 2.93. The van der Waals surface area contributed by atoms with Crippen molar-refractivity contribution in [2.24, 2.45) is 0 Å². The third-order valence-electron chi connectivity index (χ3n) is 5.70. The zero-order valence-electron chi connectivity index (χ0n) is 22.2. The number of anilines is 1. The number of hydrogen-bond donors (Lipinski definition) is 1. The van der Waals surface area contributed by atoms with E-state index in [1.54, 1.807) is 30.3 Å². The Balaban J connectivity index is 2.06. The summed E-state index contributed by atoms with van der Waals surface area (Å²) in [5.41, 5.74) is 1.28. The van der Waals surface area contributed by atoms with Crippen molar-refractivity contribution < 1.29 is 27.5 Å². The highest BCUT2D eigenvalue weighted by Crippen LogP contribution is 2.39. The van der Waals surface area contributed by atoms with E-state index in [1.807, 2.05) is 43.3 Å². The number of hydroxylamine groups is 1. The first kappa shape index (κ1) is 29.2. The summed E-state index contributed by atoms with van der Waals surface area (Å²) in [7, 11) is -2.87. The molecule has 0 aliphatic carbocycles. The number of ether oxygens (including phenoxy) is 2. The minimum atomic E-state index is -4.21. The van der Waals surface area contributed by atoms with Gasteiger partial charge in [0, 0.05) is 13.6 Å². The Kier molecular flexibility index (Phi) is 11.1. The standard InChI is InChI=1S/C29H36N2O6S/c1-4-6-18-30-26-20-24(29(32)35-22-23-14-10-8-11-15-23)21-27(28(26)37-25-16-12-9-13-17-25)38(33,34)31(3)36-19-7-5-2/h8-17,20-21,30H,4-7,18-19,22H2,1-3H3. The molecule has 0 amide bonds. The van der Waals surface area contributed by atoms with Crippen LogP contribution in [-0.4, -0.2) is 39.1 Å². The lowest BCUT2D eigenvalue weighted by atomic mass is 10.1. The molecule has 0 bridgehead atoms. The first-order valence-electron chi connectivity index (χ1n) is 12.8. The molecule has 3 aromatic rings. The second-order valence-electron chi connectivity index (χ2n) is 8.71. The number of nitrogens with zero attached hydrogens (tertiary/aromatic N) is 1. The first-order chi connectivity index (χ1) is 18.4. The molecule has 0 unspecified atom stereocenters. The van der Waals surface area contributed by atoms with Crippen LogP contribution in [0, 0.1) is 0 Å². The number of nitrogens with one attached hydrogen (secondary N) is 1. The van der Waals surface area contributed by atoms with Gasteiger partial charge >= 0.3 is 5.97 Å². The molecule has 8 nitrogen and oxygen atoms in total. The zero-order valence-corrected chi connectivity index (χ0v) is 23.0. The zero-order chi connectivity index (χ0) is 27.4. The predicted molar refractivity (Wildman–Crippen MR) is 148 cm³/mol. The van der Waals surface area contributed by atoms with Gasteiger partial charge in [-0.25, -0.2) is 13.2 Å². The molecule has 38 heavy (non-hydrogen) atoms. The number of sulfonamides is 1. The van der Waals surface area contributed by atoms with E-state index in [-0.39, 0.29) is 29.4 Å². The van der Waals surface area contributed by atoms with Gasteiger partial charge in [0.05, 0.1) is 17.9 Å². The Morgan fingerprint density at radius 2 is 1.58 bits per heavy atom. The second-order valence-corrected chi connectivity index (χ2v) is 10.6. The molecule has 0 saturated heterocycles. The molecule has 9 heteroatoms. The maximum absolute atomic E-state index is 13.7. The highest BCUT2D eigenvalue weighted by Gasteiger charge is 2.30. The number of carbonyl (C=O) groups is 1. The van der Waals surface area contributed by atoms with E-state index in [0.717, 1.165) is 29.3 Å². The van der Waals surface area contributed by atoms with Crippen molar-refractivity contribution in [3.05, 3.63) is 83.9 Å². The molecule has 204 valence electrons. The SMILES string of the molecule is CCCCNc1cc(C(=O)OCc2ccccc2)cc(S(=O)(=O)N(C)OCCCC)c1Oc1ccccc1. The van der Waals surface area contributed by atoms with E-state index < -0.39 is 16.0 Å². The Labute approximate surface area is 225 Å². The van der Waals surface area contributed by atoms with Crippen molar-refractivity contribution in [1.82, 2.24) is 4.47 Å². The molecular formula is C29H36N2O6S. The largest absolute Gasteiger partial charge is 0.457 e. The number of para-hydroxylation sites is 1. The summed E-state index contributed by atoms with van der Waals surface area (Å²) in [5, 5.41) is 3.25. The lowest BCUT2D eigenvalue weighted by molar-refractivity contribution is -0.0659. The van der Waals surface area contributed by atoms with E-state index >= 15 is 0 Å². The smallest absolute Gasteiger partial charge is 0.338 e. The minimum absolute atomic E-state index is 0.0582. The van der Waals surface area contributed by atoms with Crippen LogP contribution in [0.3, 0.4) is 0 Å². The van der Waals surface area contributed by atoms with E-state index in [9.17, 15) is 13.2 Å². The van der Waals surface area contributed by atoms with Gasteiger partial charge in [-0.3, -0.25) is 4.84 Å². The highest BCUT2D eigenvalue weighted by molar-refractivity contribution is 7.89. The van der Waals surface area contributed by atoms with Crippen molar-refractivity contribution in [3.8, 4) is 11.5 Å². The van der Waals surface area contributed by atoms with Crippen LogP contribution in [0.2, 0.25) is 0 Å². The molecule has 3 aromatic carbocycles. The fourth-order valence-electron chi connectivity index (χ4n) is 3.51. The Bertz CT molecular complexity index is 1270. The third kappa shape index (κ3) is 8.05. The van der Waals surface area contributed by atoms with Gasteiger partial charge in [-0.05, 0) is 42.7 Å². The van der Waals surface area contributed by atoms with Crippen LogP contribution in [0.25, 0.3) is 0 Å². The van der Waals surface area contributed by atoms with Gasteiger partial charge in [-0.1, -0.05) is 79.7 Å². The van der Waals surface area contributed by atoms with Gasteiger partial charge in [-0.2, -0.15) is 0 Å². The Morgan fingerprint density at radius 3 is 2.24 bits per heavy atom. The average molecular weight is 541 g/mol. The molecule has 0 radical (unpaired) electrons. The van der Waals surface area contributed by atoms with Gasteiger partial charge in [0.2, 0.25) is 0 Å². The van der Waals surface area contributed by atoms with Gasteiger partial charge in [0.25, 0.3) is 10.0 Å². The molecule has 0 aliphatic rings. The second kappa shape index (κ2) is 14.5. The van der Waals surface area contributed by atoms with Crippen LogP contribution >= 0.6 is 0 Å². The maximum atomic E-state index is 13.7. The van der Waals surface area contributed by atoms with Gasteiger partial charge < -0.3 is 14.8 Å². The summed E-state index contributed by atoms with van der Waals surface area (Å²) < 4.78 is 39.9. The van der Waals surface area contributed by atoms with Gasteiger partial charge in [0.15, 0.2) is 5.75 Å². The van der Waals surface area contributed by atoms with Crippen LogP contribution in [0.15, 0.2) is 77.7 Å². The van der Waals surface area contributed by atoms with Crippen molar-refractivity contribution in [1.29, 1.82) is 0 Å². The fourth-order valence-corrected chi connectivity index (χ4v) is 4.66. The van der Waals surface area contributed by atoms with E-state index in [2.05, 4.69) is 12.2 Å². The van der Waals surface area contributed by atoms with E-state index in [0.29, 0.717) is 24.4 Å². The first-order valence-corrected chi connectivity index (χ1v) is 14.3. The third-order valence-corrected chi connectivity index (χ3v) is 7.34. The monoisotopic (exact) mass is 540 g/mol. The summed E-state index contributed by atoms with van der Waals surface area (Å²) in [4.78, 5) is 18.4. The molecule has 0 spiro atoms. The normalized spacial score (nSPS) is 11.4. The van der Waals surface area contributed by atoms with E-state index in [4.69, 9.17) is 14.3 Å². The quantitative estimate of drug-likeness (QED) is 0.135. The Hall–Kier alpha value is -3.40.